The van der Waals surface area contributed by atoms with Gasteiger partial charge < -0.3 is 10.1 Å². The molecule has 110 valence electrons. The number of para-hydroxylation sites is 1. The van der Waals surface area contributed by atoms with Crippen molar-refractivity contribution in [3.05, 3.63) is 29.3 Å². The lowest BCUT2D eigenvalue weighted by Crippen LogP contribution is -2.42. The van der Waals surface area contributed by atoms with Gasteiger partial charge in [-0.25, -0.2) is 0 Å². The number of carbonyl (C=O) groups excluding carboxylic acids is 1. The summed E-state index contributed by atoms with van der Waals surface area (Å²) in [6, 6.07) is 6.10. The molecule has 0 radical (unpaired) electrons. The standard InChI is InChI=1S/C16H24N2O2/c1-4-11(2)14(16(19)20-3)18-10-13-7-5-6-12-8-9-17-15(12)13/h5-7,11,14,17-18H,4,8-10H2,1-3H3. The molecule has 0 fully saturated rings. The molecule has 4 heteroatoms. The number of carbonyl (C=O) groups is 1. The van der Waals surface area contributed by atoms with Gasteiger partial charge in [-0.3, -0.25) is 10.1 Å². The van der Waals surface area contributed by atoms with E-state index in [1.54, 1.807) is 0 Å². The highest BCUT2D eigenvalue weighted by Gasteiger charge is 2.24. The number of methoxy groups -OCH3 is 1. The van der Waals surface area contributed by atoms with Crippen molar-refractivity contribution in [2.24, 2.45) is 5.92 Å². The molecule has 0 saturated heterocycles. The fourth-order valence-corrected chi connectivity index (χ4v) is 2.66. The molecule has 20 heavy (non-hydrogen) atoms. The Morgan fingerprint density at radius 2 is 2.30 bits per heavy atom. The Kier molecular flexibility index (Phi) is 5.01. The Hall–Kier alpha value is -1.55. The summed E-state index contributed by atoms with van der Waals surface area (Å²) in [4.78, 5) is 11.9. The molecule has 0 saturated carbocycles. The number of fused-ring (bicyclic) bond motifs is 1. The maximum atomic E-state index is 11.9. The fourth-order valence-electron chi connectivity index (χ4n) is 2.66. The maximum Gasteiger partial charge on any atom is 0.323 e. The lowest BCUT2D eigenvalue weighted by molar-refractivity contribution is -0.144. The molecular formula is C16H24N2O2. The van der Waals surface area contributed by atoms with Crippen molar-refractivity contribution in [3.8, 4) is 0 Å². The minimum atomic E-state index is -0.248. The SMILES string of the molecule is CCC(C)C(NCc1cccc2c1NCC2)C(=O)OC. The number of benzene rings is 1. The molecule has 2 atom stereocenters. The zero-order chi connectivity index (χ0) is 14.5. The summed E-state index contributed by atoms with van der Waals surface area (Å²) in [6.07, 6.45) is 2.02. The zero-order valence-corrected chi connectivity index (χ0v) is 12.5. The number of anilines is 1. The topological polar surface area (TPSA) is 50.4 Å². The Morgan fingerprint density at radius 3 is 3.00 bits per heavy atom. The molecule has 1 aliphatic heterocycles. The summed E-state index contributed by atoms with van der Waals surface area (Å²) in [6.45, 7) is 5.84. The van der Waals surface area contributed by atoms with Gasteiger partial charge in [0.05, 0.1) is 7.11 Å². The van der Waals surface area contributed by atoms with Crippen molar-refractivity contribution in [2.75, 3.05) is 19.0 Å². The second-order valence-electron chi connectivity index (χ2n) is 5.40. The van der Waals surface area contributed by atoms with E-state index in [1.807, 2.05) is 0 Å². The second-order valence-corrected chi connectivity index (χ2v) is 5.40. The molecule has 1 heterocycles. The highest BCUT2D eigenvalue weighted by Crippen LogP contribution is 2.26. The molecule has 1 aromatic carbocycles. The van der Waals surface area contributed by atoms with E-state index in [0.29, 0.717) is 6.54 Å². The normalized spacial score (nSPS) is 16.1. The van der Waals surface area contributed by atoms with Crippen LogP contribution in [-0.4, -0.2) is 25.7 Å². The third kappa shape index (κ3) is 3.12. The second kappa shape index (κ2) is 6.75. The first-order chi connectivity index (χ1) is 9.67. The molecule has 2 rings (SSSR count). The smallest absolute Gasteiger partial charge is 0.323 e. The first kappa shape index (κ1) is 14.9. The van der Waals surface area contributed by atoms with Crippen LogP contribution in [0.5, 0.6) is 0 Å². The summed E-state index contributed by atoms with van der Waals surface area (Å²) in [5.41, 5.74) is 3.81. The van der Waals surface area contributed by atoms with E-state index in [2.05, 4.69) is 42.7 Å². The van der Waals surface area contributed by atoms with Crippen LogP contribution in [0.4, 0.5) is 5.69 Å². The molecule has 0 aliphatic carbocycles. The van der Waals surface area contributed by atoms with Crippen LogP contribution in [0.2, 0.25) is 0 Å². The lowest BCUT2D eigenvalue weighted by atomic mass is 9.98. The minimum Gasteiger partial charge on any atom is -0.468 e. The van der Waals surface area contributed by atoms with Crippen LogP contribution in [0.3, 0.4) is 0 Å². The van der Waals surface area contributed by atoms with Gasteiger partial charge in [0.1, 0.15) is 6.04 Å². The summed E-state index contributed by atoms with van der Waals surface area (Å²) < 4.78 is 4.90. The van der Waals surface area contributed by atoms with E-state index in [4.69, 9.17) is 4.74 Å². The summed E-state index contributed by atoms with van der Waals surface area (Å²) in [5, 5.41) is 6.78. The highest BCUT2D eigenvalue weighted by molar-refractivity contribution is 5.76. The number of hydrogen-bond donors (Lipinski definition) is 2. The van der Waals surface area contributed by atoms with Gasteiger partial charge in [-0.1, -0.05) is 38.5 Å². The minimum absolute atomic E-state index is 0.181. The van der Waals surface area contributed by atoms with Crippen molar-refractivity contribution in [2.45, 2.75) is 39.3 Å². The Labute approximate surface area is 120 Å². The third-order valence-corrected chi connectivity index (χ3v) is 4.11. The first-order valence-electron chi connectivity index (χ1n) is 7.33. The van der Waals surface area contributed by atoms with Gasteiger partial charge in [-0.2, -0.15) is 0 Å². The van der Waals surface area contributed by atoms with Crippen molar-refractivity contribution in [1.29, 1.82) is 0 Å². The van der Waals surface area contributed by atoms with Crippen molar-refractivity contribution in [3.63, 3.8) is 0 Å². The van der Waals surface area contributed by atoms with E-state index in [-0.39, 0.29) is 17.9 Å². The number of nitrogens with one attached hydrogen (secondary N) is 2. The predicted molar refractivity (Wildman–Crippen MR) is 80.7 cm³/mol. The van der Waals surface area contributed by atoms with Gasteiger partial charge in [-0.15, -0.1) is 0 Å². The first-order valence-corrected chi connectivity index (χ1v) is 7.33. The summed E-state index contributed by atoms with van der Waals surface area (Å²) >= 11 is 0. The average Bonchev–Trinajstić information content (AvgIpc) is 2.95. The molecule has 0 aromatic heterocycles. The van der Waals surface area contributed by atoms with E-state index >= 15 is 0 Å². The van der Waals surface area contributed by atoms with E-state index < -0.39 is 0 Å². The zero-order valence-electron chi connectivity index (χ0n) is 12.5. The number of hydrogen-bond acceptors (Lipinski definition) is 4. The van der Waals surface area contributed by atoms with Gasteiger partial charge in [0.15, 0.2) is 0 Å². The fraction of sp³-hybridized carbons (Fsp3) is 0.562. The van der Waals surface area contributed by atoms with E-state index in [0.717, 1.165) is 19.4 Å². The quantitative estimate of drug-likeness (QED) is 0.783. The van der Waals surface area contributed by atoms with Crippen molar-refractivity contribution >= 4 is 11.7 Å². The molecule has 0 amide bonds. The lowest BCUT2D eigenvalue weighted by Gasteiger charge is -2.22. The van der Waals surface area contributed by atoms with Crippen LogP contribution >= 0.6 is 0 Å². The monoisotopic (exact) mass is 276 g/mol. The molecule has 2 N–H and O–H groups in total. The molecule has 0 bridgehead atoms. The largest absolute Gasteiger partial charge is 0.468 e. The van der Waals surface area contributed by atoms with E-state index in [9.17, 15) is 4.79 Å². The van der Waals surface area contributed by atoms with Crippen molar-refractivity contribution in [1.82, 2.24) is 5.32 Å². The van der Waals surface area contributed by atoms with Gasteiger partial charge in [-0.05, 0) is 23.5 Å². The number of ether oxygens (including phenoxy) is 1. The van der Waals surface area contributed by atoms with Gasteiger partial charge in [0, 0.05) is 18.8 Å². The number of esters is 1. The molecule has 2 unspecified atom stereocenters. The van der Waals surface area contributed by atoms with Gasteiger partial charge >= 0.3 is 5.97 Å². The maximum absolute atomic E-state index is 11.9. The predicted octanol–water partition coefficient (Wildman–Crippen LogP) is 2.33. The number of rotatable bonds is 6. The molecule has 1 aromatic rings. The Balaban J connectivity index is 2.06. The van der Waals surface area contributed by atoms with Crippen LogP contribution in [0.25, 0.3) is 0 Å². The van der Waals surface area contributed by atoms with Crippen LogP contribution in [-0.2, 0) is 22.5 Å². The van der Waals surface area contributed by atoms with Crippen LogP contribution in [0, 0.1) is 5.92 Å². The van der Waals surface area contributed by atoms with Gasteiger partial charge in [0.25, 0.3) is 0 Å². The molecule has 0 spiro atoms. The highest BCUT2D eigenvalue weighted by atomic mass is 16.5. The summed E-state index contributed by atoms with van der Waals surface area (Å²) in [5.74, 6) is 0.0760. The van der Waals surface area contributed by atoms with Crippen molar-refractivity contribution < 1.29 is 9.53 Å². The summed E-state index contributed by atoms with van der Waals surface area (Å²) in [7, 11) is 1.45. The molecular weight excluding hydrogens is 252 g/mol. The average molecular weight is 276 g/mol. The van der Waals surface area contributed by atoms with Crippen LogP contribution in [0.15, 0.2) is 18.2 Å². The third-order valence-electron chi connectivity index (χ3n) is 4.11. The van der Waals surface area contributed by atoms with Crippen LogP contribution in [0.1, 0.15) is 31.4 Å². The molecule has 4 nitrogen and oxygen atoms in total. The van der Waals surface area contributed by atoms with Crippen LogP contribution < -0.4 is 10.6 Å². The van der Waals surface area contributed by atoms with E-state index in [1.165, 1.54) is 23.9 Å². The van der Waals surface area contributed by atoms with Gasteiger partial charge in [0.2, 0.25) is 0 Å². The Bertz CT molecular complexity index is 474. The molecule has 1 aliphatic rings. The Morgan fingerprint density at radius 1 is 1.50 bits per heavy atom.